The fourth-order valence-electron chi connectivity index (χ4n) is 3.58. The van der Waals surface area contributed by atoms with Gasteiger partial charge in [-0.05, 0) is 61.3 Å². The average molecular weight is 456 g/mol. The first kappa shape index (κ1) is 23.7. The highest BCUT2D eigenvalue weighted by Crippen LogP contribution is 2.38. The quantitative estimate of drug-likeness (QED) is 0.441. The van der Waals surface area contributed by atoms with Crippen molar-refractivity contribution in [2.24, 2.45) is 0 Å². The number of carbonyl (C=O) groups is 3. The lowest BCUT2D eigenvalue weighted by molar-refractivity contribution is -0.142. The SMILES string of the molecule is CCOC(=O)c1c(NC(=O)COC(=O)/C=C/c2ccc(C(C)C)cc2)sc2c1CCCC2. The van der Waals surface area contributed by atoms with Gasteiger partial charge in [0.05, 0.1) is 12.2 Å². The maximum Gasteiger partial charge on any atom is 0.341 e. The highest BCUT2D eigenvalue weighted by Gasteiger charge is 2.27. The van der Waals surface area contributed by atoms with E-state index >= 15 is 0 Å². The van der Waals surface area contributed by atoms with Crippen molar-refractivity contribution in [1.29, 1.82) is 0 Å². The predicted molar refractivity (Wildman–Crippen MR) is 126 cm³/mol. The van der Waals surface area contributed by atoms with Gasteiger partial charge in [-0.1, -0.05) is 38.1 Å². The van der Waals surface area contributed by atoms with E-state index in [2.05, 4.69) is 19.2 Å². The molecular weight excluding hydrogens is 426 g/mol. The Labute approximate surface area is 192 Å². The molecule has 1 aliphatic carbocycles. The molecule has 1 N–H and O–H groups in total. The van der Waals surface area contributed by atoms with Crippen LogP contribution in [0, 0.1) is 0 Å². The zero-order valence-electron chi connectivity index (χ0n) is 18.7. The van der Waals surface area contributed by atoms with Crippen LogP contribution >= 0.6 is 11.3 Å². The minimum atomic E-state index is -0.607. The van der Waals surface area contributed by atoms with Crippen LogP contribution in [-0.2, 0) is 31.9 Å². The first-order chi connectivity index (χ1) is 15.4. The summed E-state index contributed by atoms with van der Waals surface area (Å²) in [5.41, 5.74) is 3.51. The molecule has 170 valence electrons. The summed E-state index contributed by atoms with van der Waals surface area (Å²) in [6.07, 6.45) is 6.71. The molecule has 2 aromatic rings. The summed E-state index contributed by atoms with van der Waals surface area (Å²) in [5.74, 6) is -1.08. The molecule has 0 aliphatic heterocycles. The summed E-state index contributed by atoms with van der Waals surface area (Å²) in [7, 11) is 0. The third-order valence-electron chi connectivity index (χ3n) is 5.26. The molecular formula is C25H29NO5S. The van der Waals surface area contributed by atoms with Crippen LogP contribution in [-0.4, -0.2) is 31.1 Å². The van der Waals surface area contributed by atoms with E-state index in [0.29, 0.717) is 16.5 Å². The van der Waals surface area contributed by atoms with Crippen molar-refractivity contribution in [2.45, 2.75) is 52.4 Å². The Hall–Kier alpha value is -2.93. The third-order valence-corrected chi connectivity index (χ3v) is 6.47. The molecule has 0 unspecified atom stereocenters. The van der Waals surface area contributed by atoms with E-state index in [9.17, 15) is 14.4 Å². The maximum absolute atomic E-state index is 12.5. The Bertz CT molecular complexity index is 1000. The molecule has 1 amide bonds. The molecule has 32 heavy (non-hydrogen) atoms. The number of anilines is 1. The van der Waals surface area contributed by atoms with Crippen LogP contribution in [0.5, 0.6) is 0 Å². The number of thiophene rings is 1. The number of fused-ring (bicyclic) bond motifs is 1. The molecule has 6 nitrogen and oxygen atoms in total. The number of carbonyl (C=O) groups excluding carboxylic acids is 3. The summed E-state index contributed by atoms with van der Waals surface area (Å²) < 4.78 is 10.2. The highest BCUT2D eigenvalue weighted by atomic mass is 32.1. The van der Waals surface area contributed by atoms with Gasteiger partial charge in [-0.2, -0.15) is 0 Å². The number of nitrogens with one attached hydrogen (secondary N) is 1. The monoisotopic (exact) mass is 455 g/mol. The Morgan fingerprint density at radius 1 is 1.09 bits per heavy atom. The van der Waals surface area contributed by atoms with Crippen LogP contribution in [0.1, 0.15) is 71.5 Å². The Kier molecular flexibility index (Phi) is 8.22. The predicted octanol–water partition coefficient (Wildman–Crippen LogP) is 5.12. The van der Waals surface area contributed by atoms with Crippen molar-refractivity contribution < 1.29 is 23.9 Å². The number of amides is 1. The van der Waals surface area contributed by atoms with Gasteiger partial charge in [0.15, 0.2) is 6.61 Å². The molecule has 3 rings (SSSR count). The number of benzene rings is 1. The Morgan fingerprint density at radius 2 is 1.81 bits per heavy atom. The molecule has 0 saturated carbocycles. The number of rotatable bonds is 8. The van der Waals surface area contributed by atoms with Crippen molar-refractivity contribution in [3.05, 3.63) is 57.5 Å². The van der Waals surface area contributed by atoms with E-state index in [4.69, 9.17) is 9.47 Å². The van der Waals surface area contributed by atoms with E-state index in [1.807, 2.05) is 24.3 Å². The molecule has 0 saturated heterocycles. The lowest BCUT2D eigenvalue weighted by Crippen LogP contribution is -2.21. The standard InChI is InChI=1S/C25H29NO5S/c1-4-30-25(29)23-19-7-5-6-8-20(19)32-24(23)26-21(27)15-31-22(28)14-11-17-9-12-18(13-10-17)16(2)3/h9-14,16H,4-8,15H2,1-3H3,(H,26,27)/b14-11+. The normalized spacial score (nSPS) is 13.1. The van der Waals surface area contributed by atoms with Gasteiger partial charge in [0.1, 0.15) is 5.00 Å². The number of esters is 2. The van der Waals surface area contributed by atoms with Crippen molar-refractivity contribution >= 4 is 40.3 Å². The topological polar surface area (TPSA) is 81.7 Å². The molecule has 7 heteroatoms. The second-order valence-electron chi connectivity index (χ2n) is 7.95. The first-order valence-corrected chi connectivity index (χ1v) is 11.8. The fraction of sp³-hybridized carbons (Fsp3) is 0.400. The van der Waals surface area contributed by atoms with Gasteiger partial charge in [0.25, 0.3) is 5.91 Å². The Morgan fingerprint density at radius 3 is 2.50 bits per heavy atom. The lowest BCUT2D eigenvalue weighted by atomic mass is 9.95. The third kappa shape index (κ3) is 6.07. The summed E-state index contributed by atoms with van der Waals surface area (Å²) >= 11 is 1.40. The van der Waals surface area contributed by atoms with Crippen molar-refractivity contribution in [1.82, 2.24) is 0 Å². The molecule has 0 spiro atoms. The fourth-order valence-corrected chi connectivity index (χ4v) is 4.87. The Balaban J connectivity index is 1.58. The maximum atomic E-state index is 12.5. The van der Waals surface area contributed by atoms with Crippen LogP contribution in [0.2, 0.25) is 0 Å². The van der Waals surface area contributed by atoms with Crippen LogP contribution < -0.4 is 5.32 Å². The van der Waals surface area contributed by atoms with Gasteiger partial charge in [-0.3, -0.25) is 4.79 Å². The van der Waals surface area contributed by atoms with Gasteiger partial charge < -0.3 is 14.8 Å². The minimum Gasteiger partial charge on any atom is -0.462 e. The first-order valence-electron chi connectivity index (χ1n) is 10.9. The smallest absolute Gasteiger partial charge is 0.341 e. The van der Waals surface area contributed by atoms with Crippen LogP contribution in [0.3, 0.4) is 0 Å². The van der Waals surface area contributed by atoms with Gasteiger partial charge >= 0.3 is 11.9 Å². The second-order valence-corrected chi connectivity index (χ2v) is 9.05. The molecule has 1 heterocycles. The molecule has 0 bridgehead atoms. The zero-order valence-corrected chi connectivity index (χ0v) is 19.6. The molecule has 1 aromatic heterocycles. The minimum absolute atomic E-state index is 0.265. The number of hydrogen-bond acceptors (Lipinski definition) is 6. The molecule has 1 aromatic carbocycles. The van der Waals surface area contributed by atoms with Gasteiger partial charge in [-0.15, -0.1) is 11.3 Å². The summed E-state index contributed by atoms with van der Waals surface area (Å²) in [6.45, 7) is 5.82. The van der Waals surface area contributed by atoms with Gasteiger partial charge in [0, 0.05) is 11.0 Å². The van der Waals surface area contributed by atoms with E-state index in [-0.39, 0.29) is 6.61 Å². The van der Waals surface area contributed by atoms with E-state index in [1.54, 1.807) is 13.0 Å². The second kappa shape index (κ2) is 11.1. The summed E-state index contributed by atoms with van der Waals surface area (Å²) in [4.78, 5) is 38.0. The van der Waals surface area contributed by atoms with E-state index in [1.165, 1.54) is 23.0 Å². The van der Waals surface area contributed by atoms with E-state index in [0.717, 1.165) is 41.7 Å². The summed E-state index contributed by atoms with van der Waals surface area (Å²) in [6, 6.07) is 7.90. The molecule has 0 atom stereocenters. The molecule has 1 aliphatic rings. The molecule has 0 fully saturated rings. The largest absolute Gasteiger partial charge is 0.462 e. The summed E-state index contributed by atoms with van der Waals surface area (Å²) in [5, 5.41) is 3.20. The van der Waals surface area contributed by atoms with Crippen molar-refractivity contribution in [3.8, 4) is 0 Å². The average Bonchev–Trinajstić information content (AvgIpc) is 3.14. The van der Waals surface area contributed by atoms with E-state index < -0.39 is 24.5 Å². The van der Waals surface area contributed by atoms with Crippen molar-refractivity contribution in [2.75, 3.05) is 18.5 Å². The number of ether oxygens (including phenoxy) is 2. The van der Waals surface area contributed by atoms with Crippen LogP contribution in [0.25, 0.3) is 6.08 Å². The zero-order chi connectivity index (χ0) is 23.1. The highest BCUT2D eigenvalue weighted by molar-refractivity contribution is 7.17. The van der Waals surface area contributed by atoms with Crippen LogP contribution in [0.15, 0.2) is 30.3 Å². The number of hydrogen-bond donors (Lipinski definition) is 1. The van der Waals surface area contributed by atoms with Gasteiger partial charge in [0.2, 0.25) is 0 Å². The lowest BCUT2D eigenvalue weighted by Gasteiger charge is -2.12. The van der Waals surface area contributed by atoms with Crippen LogP contribution in [0.4, 0.5) is 5.00 Å². The number of aryl methyl sites for hydroxylation is 1. The van der Waals surface area contributed by atoms with Crippen molar-refractivity contribution in [3.63, 3.8) is 0 Å². The van der Waals surface area contributed by atoms with Gasteiger partial charge in [-0.25, -0.2) is 9.59 Å². The molecule has 0 radical (unpaired) electrons.